The van der Waals surface area contributed by atoms with E-state index in [1.807, 2.05) is 21.1 Å². The van der Waals surface area contributed by atoms with Gasteiger partial charge >= 0.3 is 0 Å². The Morgan fingerprint density at radius 2 is 0.717 bits per heavy atom. The van der Waals surface area contributed by atoms with Crippen molar-refractivity contribution >= 4 is 57.3 Å². The molecule has 0 saturated heterocycles. The van der Waals surface area contributed by atoms with Crippen LogP contribution in [-0.4, -0.2) is 24.9 Å². The Morgan fingerprint density at radius 3 is 1.12 bits per heavy atom. The molecule has 60 heavy (non-hydrogen) atoms. The molecule has 286 valence electrons. The molecule has 0 unspecified atom stereocenters. The molecule has 9 aromatic rings. The fourth-order valence-electron chi connectivity index (χ4n) is 8.55. The van der Waals surface area contributed by atoms with E-state index in [0.717, 1.165) is 100 Å². The smallest absolute Gasteiger partial charge is 0.169 e. The van der Waals surface area contributed by atoms with E-state index in [4.69, 9.17) is 9.97 Å². The Kier molecular flexibility index (Phi) is 8.30. The van der Waals surface area contributed by atoms with Crippen molar-refractivity contribution < 1.29 is 13.7 Å². The van der Waals surface area contributed by atoms with E-state index >= 15 is 0 Å². The number of benzene rings is 2. The first-order chi connectivity index (χ1) is 29.4. The van der Waals surface area contributed by atoms with Crippen molar-refractivity contribution in [2.24, 2.45) is 21.1 Å². The van der Waals surface area contributed by atoms with Crippen LogP contribution in [0.2, 0.25) is 0 Å². The summed E-state index contributed by atoms with van der Waals surface area (Å²) < 4.78 is 6.16. The van der Waals surface area contributed by atoms with Crippen molar-refractivity contribution in [3.05, 3.63) is 175 Å². The predicted octanol–water partition coefficient (Wildman–Crippen LogP) is 9.95. The maximum Gasteiger partial charge on any atom is 0.169 e. The van der Waals surface area contributed by atoms with Crippen molar-refractivity contribution in [2.75, 3.05) is 0 Å². The van der Waals surface area contributed by atoms with E-state index in [1.165, 1.54) is 10.9 Å². The average Bonchev–Trinajstić information content (AvgIpc) is 4.14. The number of aromatic nitrogens is 8. The van der Waals surface area contributed by atoms with Gasteiger partial charge in [0.25, 0.3) is 0 Å². The van der Waals surface area contributed by atoms with Crippen LogP contribution >= 0.6 is 0 Å². The van der Waals surface area contributed by atoms with Gasteiger partial charge in [-0.1, -0.05) is 42.5 Å². The van der Waals surface area contributed by atoms with Crippen LogP contribution in [-0.2, 0) is 21.1 Å². The number of H-pyrrole nitrogens is 3. The highest BCUT2D eigenvalue weighted by atomic mass is 14.9. The highest BCUT2D eigenvalue weighted by Crippen LogP contribution is 2.39. The summed E-state index contributed by atoms with van der Waals surface area (Å²) in [6, 6.07) is 38.9. The van der Waals surface area contributed by atoms with Gasteiger partial charge in [0.2, 0.25) is 0 Å². The topological polar surface area (TPSA) is 84.8 Å². The summed E-state index contributed by atoms with van der Waals surface area (Å²) >= 11 is 0. The third-order valence-corrected chi connectivity index (χ3v) is 11.6. The zero-order valence-corrected chi connectivity index (χ0v) is 33.5. The zero-order valence-electron chi connectivity index (χ0n) is 33.5. The van der Waals surface area contributed by atoms with E-state index in [-0.39, 0.29) is 0 Å². The second kappa shape index (κ2) is 14.1. The van der Waals surface area contributed by atoms with E-state index < -0.39 is 0 Å². The van der Waals surface area contributed by atoms with E-state index in [2.05, 4.69) is 206 Å². The standard InChI is InChI=1S/C52H40N8/c1-58-26-20-35(21-27-58)50-43-14-12-41(54-43)49(34-10-8-33(9-11-34)39-32-53-40-7-5-4-6-38(39)40)42-13-15-44(55-42)51(36-22-28-59(2)29-23-36)46-17-19-48(57-46)52(47-18-16-45(50)56-47)37-24-30-60(3)31-25-37/h4-32H,1-3H3,(H2,53,54,55,56,57)/q+2/p+1. The maximum absolute atomic E-state index is 5.49. The lowest BCUT2D eigenvalue weighted by Crippen LogP contribution is -2.25. The molecule has 0 saturated carbocycles. The number of fused-ring (bicyclic) bond motifs is 9. The number of para-hydroxylation sites is 1. The summed E-state index contributed by atoms with van der Waals surface area (Å²) in [5, 5.41) is 1.20. The van der Waals surface area contributed by atoms with Crippen molar-refractivity contribution in [2.45, 2.75) is 0 Å². The number of hydrogen-bond donors (Lipinski definition) is 3. The molecule has 2 aromatic carbocycles. The van der Waals surface area contributed by atoms with Crippen LogP contribution in [0.25, 0.3) is 113 Å². The summed E-state index contributed by atoms with van der Waals surface area (Å²) in [5.41, 5.74) is 19.2. The molecular weight excluding hydrogens is 737 g/mol. The molecule has 8 nitrogen and oxygen atoms in total. The van der Waals surface area contributed by atoms with Gasteiger partial charge in [-0.15, -0.1) is 0 Å². The van der Waals surface area contributed by atoms with Gasteiger partial charge in [-0.3, -0.25) is 0 Å². The van der Waals surface area contributed by atoms with Crippen LogP contribution in [0.3, 0.4) is 0 Å². The number of pyridine rings is 3. The number of rotatable bonds is 5. The minimum absolute atomic E-state index is 0.877. The average molecular weight is 778 g/mol. The Labute approximate surface area is 346 Å². The molecule has 2 aliphatic rings. The summed E-state index contributed by atoms with van der Waals surface area (Å²) in [6.07, 6.45) is 23.2. The van der Waals surface area contributed by atoms with Gasteiger partial charge in [-0.2, -0.15) is 0 Å². The first-order valence-electron chi connectivity index (χ1n) is 20.1. The molecule has 8 heteroatoms. The number of nitrogens with zero attached hydrogens (tertiary/aromatic N) is 5. The van der Waals surface area contributed by atoms with Crippen LogP contribution in [0.1, 0.15) is 22.8 Å². The van der Waals surface area contributed by atoms with Crippen molar-refractivity contribution in [3.63, 3.8) is 0 Å². The third-order valence-electron chi connectivity index (χ3n) is 11.6. The Morgan fingerprint density at radius 1 is 0.367 bits per heavy atom. The SMILES string of the molecule is C[n+]1ccc(-c2c3nc(c(-c4cc[n+](C)cc4)c4ccc([nH]4)c(-c4cc[n+](C)cc4)c4nc(c(-c5ccc(-c6c[nH]c7ccccc67)cc5)c5ccc2[nH]5)C=C4)C=C3)cc1. The number of hydrogen-bond acceptors (Lipinski definition) is 2. The lowest BCUT2D eigenvalue weighted by Gasteiger charge is -2.07. The van der Waals surface area contributed by atoms with Crippen LogP contribution in [0.5, 0.6) is 0 Å². The minimum atomic E-state index is 0.877. The quantitative estimate of drug-likeness (QED) is 0.152. The second-order valence-electron chi connectivity index (χ2n) is 15.6. The molecule has 7 aromatic heterocycles. The molecule has 11 rings (SSSR count). The molecular formula is C52H41N8+3. The van der Waals surface area contributed by atoms with Gasteiger partial charge in [-0.05, 0) is 82.5 Å². The van der Waals surface area contributed by atoms with Gasteiger partial charge in [0.15, 0.2) is 37.2 Å². The van der Waals surface area contributed by atoms with Gasteiger partial charge in [0.1, 0.15) is 21.1 Å². The van der Waals surface area contributed by atoms with E-state index in [9.17, 15) is 0 Å². The first-order valence-corrected chi connectivity index (χ1v) is 20.1. The first kappa shape index (κ1) is 35.2. The third kappa shape index (κ3) is 6.13. The summed E-state index contributed by atoms with van der Waals surface area (Å²) in [6.45, 7) is 0. The van der Waals surface area contributed by atoms with Crippen LogP contribution in [0.4, 0.5) is 0 Å². The molecule has 3 N–H and O–H groups in total. The largest absolute Gasteiger partial charge is 0.361 e. The second-order valence-corrected chi connectivity index (χ2v) is 15.6. The zero-order chi connectivity index (χ0) is 40.3. The molecule has 0 atom stereocenters. The summed E-state index contributed by atoms with van der Waals surface area (Å²) in [4.78, 5) is 22.1. The molecule has 9 heterocycles. The Bertz CT molecular complexity index is 3320. The minimum Gasteiger partial charge on any atom is -0.361 e. The van der Waals surface area contributed by atoms with Crippen molar-refractivity contribution in [1.29, 1.82) is 0 Å². The molecule has 0 aliphatic carbocycles. The van der Waals surface area contributed by atoms with Crippen LogP contribution in [0, 0.1) is 0 Å². The lowest BCUT2D eigenvalue weighted by atomic mass is 9.99. The summed E-state index contributed by atoms with van der Waals surface area (Å²) in [7, 11) is 6.12. The van der Waals surface area contributed by atoms with Crippen molar-refractivity contribution in [3.8, 4) is 55.6 Å². The van der Waals surface area contributed by atoms with Crippen molar-refractivity contribution in [1.82, 2.24) is 24.9 Å². The molecule has 0 spiro atoms. The van der Waals surface area contributed by atoms with Gasteiger partial charge in [0, 0.05) is 103 Å². The van der Waals surface area contributed by atoms with Crippen LogP contribution in [0.15, 0.2) is 153 Å². The normalized spacial score (nSPS) is 12.1. The van der Waals surface area contributed by atoms with Crippen LogP contribution < -0.4 is 13.7 Å². The molecule has 0 radical (unpaired) electrons. The summed E-state index contributed by atoms with van der Waals surface area (Å²) in [5.74, 6) is 0. The fourth-order valence-corrected chi connectivity index (χ4v) is 8.55. The lowest BCUT2D eigenvalue weighted by molar-refractivity contribution is -0.671. The number of aryl methyl sites for hydroxylation is 3. The number of nitrogens with one attached hydrogen (secondary N) is 3. The highest BCUT2D eigenvalue weighted by molar-refractivity contribution is 6.00. The van der Waals surface area contributed by atoms with Gasteiger partial charge < -0.3 is 15.0 Å². The molecule has 8 bridgehead atoms. The molecule has 0 fully saturated rings. The fraction of sp³-hybridized carbons (Fsp3) is 0.0577. The van der Waals surface area contributed by atoms with Gasteiger partial charge in [0.05, 0.1) is 22.8 Å². The number of aromatic amines is 3. The Hall–Kier alpha value is -7.97. The molecule has 2 aliphatic heterocycles. The van der Waals surface area contributed by atoms with E-state index in [1.54, 1.807) is 0 Å². The van der Waals surface area contributed by atoms with Gasteiger partial charge in [-0.25, -0.2) is 23.7 Å². The Balaban J connectivity index is 1.24. The predicted molar refractivity (Wildman–Crippen MR) is 241 cm³/mol. The highest BCUT2D eigenvalue weighted by Gasteiger charge is 2.20. The van der Waals surface area contributed by atoms with E-state index in [0.29, 0.717) is 0 Å². The maximum atomic E-state index is 5.49. The molecule has 0 amide bonds. The monoisotopic (exact) mass is 777 g/mol.